The zero-order valence-corrected chi connectivity index (χ0v) is 12.2. The number of nitrogens with one attached hydrogen (secondary N) is 1. The van der Waals surface area contributed by atoms with E-state index >= 15 is 0 Å². The van der Waals surface area contributed by atoms with Crippen LogP contribution >= 0.6 is 0 Å². The largest absolute Gasteiger partial charge is 0.393 e. The highest BCUT2D eigenvalue weighted by Crippen LogP contribution is 2.26. The molecule has 0 saturated carbocycles. The Hall–Kier alpha value is -1.22. The van der Waals surface area contributed by atoms with Gasteiger partial charge in [0.05, 0.1) is 11.0 Å². The molecular weight excluding hydrogens is 280 g/mol. The predicted octanol–water partition coefficient (Wildman–Crippen LogP) is 0.149. The number of anilines is 1. The number of sulfonamides is 1. The number of aromatic nitrogens is 1. The van der Waals surface area contributed by atoms with E-state index in [4.69, 9.17) is 5.84 Å². The van der Waals surface area contributed by atoms with Crippen LogP contribution in [-0.4, -0.2) is 42.0 Å². The number of rotatable bonds is 4. The molecule has 1 fully saturated rings. The molecule has 2 heterocycles. The van der Waals surface area contributed by atoms with Gasteiger partial charge in [-0.3, -0.25) is 0 Å². The van der Waals surface area contributed by atoms with Crippen molar-refractivity contribution in [3.8, 4) is 0 Å². The smallest absolute Gasteiger partial charge is 0.243 e. The van der Waals surface area contributed by atoms with E-state index in [-0.39, 0.29) is 10.8 Å². The van der Waals surface area contributed by atoms with Crippen molar-refractivity contribution in [2.24, 2.45) is 11.8 Å². The van der Waals surface area contributed by atoms with Crippen molar-refractivity contribution in [2.75, 3.05) is 18.5 Å². The Kier molecular flexibility index (Phi) is 4.59. The lowest BCUT2D eigenvalue weighted by molar-refractivity contribution is 0.0912. The van der Waals surface area contributed by atoms with Gasteiger partial charge in [0.25, 0.3) is 0 Å². The van der Waals surface area contributed by atoms with Crippen molar-refractivity contribution in [3.05, 3.63) is 18.3 Å². The van der Waals surface area contributed by atoms with E-state index in [2.05, 4.69) is 10.4 Å². The van der Waals surface area contributed by atoms with Crippen molar-refractivity contribution in [1.29, 1.82) is 0 Å². The monoisotopic (exact) mass is 300 g/mol. The summed E-state index contributed by atoms with van der Waals surface area (Å²) in [5.41, 5.74) is 2.34. The summed E-state index contributed by atoms with van der Waals surface area (Å²) in [4.78, 5) is 4.08. The molecule has 0 aromatic carbocycles. The molecule has 0 radical (unpaired) electrons. The van der Waals surface area contributed by atoms with Gasteiger partial charge in [-0.2, -0.15) is 4.31 Å². The summed E-state index contributed by atoms with van der Waals surface area (Å²) in [6.45, 7) is 2.59. The minimum absolute atomic E-state index is 0.167. The topological polar surface area (TPSA) is 109 Å². The van der Waals surface area contributed by atoms with Gasteiger partial charge >= 0.3 is 0 Å². The number of hydrogen-bond acceptors (Lipinski definition) is 6. The average Bonchev–Trinajstić information content (AvgIpc) is 2.47. The molecule has 1 atom stereocenters. The van der Waals surface area contributed by atoms with Crippen LogP contribution in [0.5, 0.6) is 0 Å². The Balaban J connectivity index is 2.15. The predicted molar refractivity (Wildman–Crippen MR) is 75.2 cm³/mol. The van der Waals surface area contributed by atoms with Crippen LogP contribution in [0.4, 0.5) is 5.82 Å². The van der Waals surface area contributed by atoms with Gasteiger partial charge in [0.2, 0.25) is 10.0 Å². The maximum atomic E-state index is 12.5. The number of nitrogens with zero attached hydrogens (tertiary/aromatic N) is 2. The molecule has 20 heavy (non-hydrogen) atoms. The first-order valence-electron chi connectivity index (χ1n) is 6.56. The summed E-state index contributed by atoms with van der Waals surface area (Å²) in [6.07, 6.45) is 2.35. The molecule has 4 N–H and O–H groups in total. The molecule has 1 unspecified atom stereocenters. The Bertz CT molecular complexity index is 554. The van der Waals surface area contributed by atoms with Crippen LogP contribution < -0.4 is 11.3 Å². The average molecular weight is 300 g/mol. The number of nitrogens with two attached hydrogens (primary N) is 1. The molecule has 1 aliphatic heterocycles. The maximum absolute atomic E-state index is 12.5. The lowest BCUT2D eigenvalue weighted by atomic mass is 9.93. The molecule has 1 saturated heterocycles. The Labute approximate surface area is 118 Å². The molecule has 0 spiro atoms. The fourth-order valence-corrected chi connectivity index (χ4v) is 3.88. The van der Waals surface area contributed by atoms with Crippen LogP contribution in [0, 0.1) is 5.92 Å². The SMILES string of the molecule is CC(O)C1CCN(S(=O)(=O)c2ccnc(NN)c2)CC1. The second-order valence-corrected chi connectivity index (χ2v) is 6.94. The number of hydrogen-bond donors (Lipinski definition) is 3. The minimum Gasteiger partial charge on any atom is -0.393 e. The van der Waals surface area contributed by atoms with Crippen LogP contribution in [0.15, 0.2) is 23.2 Å². The molecule has 1 aliphatic rings. The highest BCUT2D eigenvalue weighted by molar-refractivity contribution is 7.89. The standard InChI is InChI=1S/C12H20N4O3S/c1-9(17)10-3-6-16(7-4-10)20(18,19)11-2-5-14-12(8-11)15-13/h2,5,8-10,17H,3-4,6-7,13H2,1H3,(H,14,15). The number of aliphatic hydroxyl groups excluding tert-OH is 1. The summed E-state index contributed by atoms with van der Waals surface area (Å²) in [6, 6.07) is 2.87. The number of aliphatic hydroxyl groups is 1. The van der Waals surface area contributed by atoms with Crippen LogP contribution in [0.3, 0.4) is 0 Å². The van der Waals surface area contributed by atoms with Crippen molar-refractivity contribution < 1.29 is 13.5 Å². The van der Waals surface area contributed by atoms with Gasteiger partial charge in [-0.1, -0.05) is 0 Å². The molecular formula is C12H20N4O3S. The molecule has 8 heteroatoms. The lowest BCUT2D eigenvalue weighted by Gasteiger charge is -2.32. The van der Waals surface area contributed by atoms with E-state index in [0.717, 1.165) is 0 Å². The third-order valence-electron chi connectivity index (χ3n) is 3.70. The zero-order valence-electron chi connectivity index (χ0n) is 11.4. The van der Waals surface area contributed by atoms with Gasteiger partial charge in [-0.25, -0.2) is 19.2 Å². The van der Waals surface area contributed by atoms with Gasteiger partial charge in [0, 0.05) is 25.4 Å². The van der Waals surface area contributed by atoms with E-state index in [1.54, 1.807) is 6.92 Å². The summed E-state index contributed by atoms with van der Waals surface area (Å²) in [5.74, 6) is 5.72. The lowest BCUT2D eigenvalue weighted by Crippen LogP contribution is -2.40. The van der Waals surface area contributed by atoms with Crippen molar-refractivity contribution >= 4 is 15.8 Å². The van der Waals surface area contributed by atoms with Gasteiger partial charge in [0.15, 0.2) is 0 Å². The van der Waals surface area contributed by atoms with Crippen molar-refractivity contribution in [2.45, 2.75) is 30.8 Å². The van der Waals surface area contributed by atoms with Gasteiger partial charge in [-0.15, -0.1) is 0 Å². The van der Waals surface area contributed by atoms with E-state index in [9.17, 15) is 13.5 Å². The van der Waals surface area contributed by atoms with E-state index in [1.165, 1.54) is 22.6 Å². The fourth-order valence-electron chi connectivity index (χ4n) is 2.40. The van der Waals surface area contributed by atoms with Crippen LogP contribution in [0.2, 0.25) is 0 Å². The molecule has 0 bridgehead atoms. The van der Waals surface area contributed by atoms with Gasteiger partial charge in [-0.05, 0) is 31.7 Å². The first-order chi connectivity index (χ1) is 9.45. The quantitative estimate of drug-likeness (QED) is 0.539. The van der Waals surface area contributed by atoms with Gasteiger partial charge < -0.3 is 10.5 Å². The summed E-state index contributed by atoms with van der Waals surface area (Å²) in [5, 5.41) is 9.55. The number of nitrogen functional groups attached to an aromatic ring is 1. The van der Waals surface area contributed by atoms with Crippen LogP contribution in [0.25, 0.3) is 0 Å². The second kappa shape index (κ2) is 6.04. The third-order valence-corrected chi connectivity index (χ3v) is 5.59. The highest BCUT2D eigenvalue weighted by atomic mass is 32.2. The normalized spacial score (nSPS) is 19.8. The van der Waals surface area contributed by atoms with Crippen molar-refractivity contribution in [1.82, 2.24) is 9.29 Å². The zero-order chi connectivity index (χ0) is 14.8. The molecule has 1 aromatic rings. The minimum atomic E-state index is -3.53. The van der Waals surface area contributed by atoms with E-state index < -0.39 is 16.1 Å². The van der Waals surface area contributed by atoms with Crippen LogP contribution in [0.1, 0.15) is 19.8 Å². The Morgan fingerprint density at radius 2 is 2.15 bits per heavy atom. The van der Waals surface area contributed by atoms with Gasteiger partial charge in [0.1, 0.15) is 5.82 Å². The molecule has 2 rings (SSSR count). The third kappa shape index (κ3) is 3.09. The summed E-state index contributed by atoms with van der Waals surface area (Å²) >= 11 is 0. The molecule has 0 amide bonds. The first kappa shape index (κ1) is 15.2. The molecule has 1 aromatic heterocycles. The second-order valence-electron chi connectivity index (χ2n) is 5.00. The molecule has 112 valence electrons. The number of pyridine rings is 1. The number of hydrazine groups is 1. The first-order valence-corrected chi connectivity index (χ1v) is 8.00. The van der Waals surface area contributed by atoms with Crippen LogP contribution in [-0.2, 0) is 10.0 Å². The Morgan fingerprint density at radius 3 is 2.70 bits per heavy atom. The van der Waals surface area contributed by atoms with E-state index in [1.807, 2.05) is 0 Å². The van der Waals surface area contributed by atoms with E-state index in [0.29, 0.717) is 31.7 Å². The van der Waals surface area contributed by atoms with Crippen molar-refractivity contribution in [3.63, 3.8) is 0 Å². The summed E-state index contributed by atoms with van der Waals surface area (Å²) in [7, 11) is -3.53. The highest BCUT2D eigenvalue weighted by Gasteiger charge is 2.31. The maximum Gasteiger partial charge on any atom is 0.243 e. The molecule has 0 aliphatic carbocycles. The fraction of sp³-hybridized carbons (Fsp3) is 0.583. The summed E-state index contributed by atoms with van der Waals surface area (Å²) < 4.78 is 26.4. The molecule has 7 nitrogen and oxygen atoms in total. The Morgan fingerprint density at radius 1 is 1.50 bits per heavy atom. The number of piperidine rings is 1.